The second-order valence-electron chi connectivity index (χ2n) is 7.51. The number of nitrogens with two attached hydrogens (primary N) is 1. The maximum atomic E-state index is 12.5. The number of carboxylic acid groups (broad SMARTS) is 1. The highest BCUT2D eigenvalue weighted by molar-refractivity contribution is 5.93. The van der Waals surface area contributed by atoms with Crippen LogP contribution in [0.5, 0.6) is 5.75 Å². The number of phenolic OH excluding ortho intramolecular Hbond substituents is 1. The van der Waals surface area contributed by atoms with Gasteiger partial charge in [0.05, 0.1) is 6.04 Å². The number of phenols is 1. The molecule has 0 aliphatic carbocycles. The molecular formula is C20H30N4O6. The van der Waals surface area contributed by atoms with Gasteiger partial charge in [0.2, 0.25) is 17.7 Å². The Morgan fingerprint density at radius 3 is 2.10 bits per heavy atom. The summed E-state index contributed by atoms with van der Waals surface area (Å²) in [6, 6.07) is 3.23. The first kappa shape index (κ1) is 24.9. The molecule has 0 saturated carbocycles. The van der Waals surface area contributed by atoms with Crippen LogP contribution in [0.1, 0.15) is 32.8 Å². The standard InChI is InChI=1S/C20H30N4O6/c1-11(2)8-15(21)19(29)23-12(3)18(28)24-16(20(30)22-10-17(26)27)9-13-4-6-14(25)7-5-13/h4-7,11-12,15-16,25H,8-10,21H2,1-3H3,(H,22,30)(H,23,29)(H,24,28)(H,26,27). The van der Waals surface area contributed by atoms with Gasteiger partial charge in [-0.15, -0.1) is 0 Å². The number of hydrogen-bond acceptors (Lipinski definition) is 6. The summed E-state index contributed by atoms with van der Waals surface area (Å²) in [6.07, 6.45) is 0.520. The van der Waals surface area contributed by atoms with E-state index in [1.165, 1.54) is 19.1 Å². The van der Waals surface area contributed by atoms with Crippen molar-refractivity contribution in [3.05, 3.63) is 29.8 Å². The van der Waals surface area contributed by atoms with Crippen LogP contribution in [0, 0.1) is 5.92 Å². The summed E-state index contributed by atoms with van der Waals surface area (Å²) in [6.45, 7) is 4.71. The van der Waals surface area contributed by atoms with Crippen LogP contribution in [0.3, 0.4) is 0 Å². The van der Waals surface area contributed by atoms with Gasteiger partial charge in [-0.1, -0.05) is 26.0 Å². The molecule has 0 heterocycles. The van der Waals surface area contributed by atoms with Crippen molar-refractivity contribution in [2.24, 2.45) is 11.7 Å². The molecule has 10 nitrogen and oxygen atoms in total. The summed E-state index contributed by atoms with van der Waals surface area (Å²) >= 11 is 0. The zero-order chi connectivity index (χ0) is 22.8. The number of benzene rings is 1. The van der Waals surface area contributed by atoms with Crippen LogP contribution in [-0.2, 0) is 25.6 Å². The fraction of sp³-hybridized carbons (Fsp3) is 0.500. The molecule has 166 valence electrons. The smallest absolute Gasteiger partial charge is 0.322 e. The maximum absolute atomic E-state index is 12.5. The number of carbonyl (C=O) groups is 4. The van der Waals surface area contributed by atoms with Crippen molar-refractivity contribution in [1.82, 2.24) is 16.0 Å². The van der Waals surface area contributed by atoms with Gasteiger partial charge in [0.25, 0.3) is 0 Å². The fourth-order valence-electron chi connectivity index (χ4n) is 2.66. The van der Waals surface area contributed by atoms with Crippen LogP contribution in [0.15, 0.2) is 24.3 Å². The lowest BCUT2D eigenvalue weighted by molar-refractivity contribution is -0.138. The predicted molar refractivity (Wildman–Crippen MR) is 109 cm³/mol. The molecule has 7 N–H and O–H groups in total. The summed E-state index contributed by atoms with van der Waals surface area (Å²) in [4.78, 5) is 47.8. The third-order valence-electron chi connectivity index (χ3n) is 4.24. The highest BCUT2D eigenvalue weighted by Gasteiger charge is 2.26. The lowest BCUT2D eigenvalue weighted by atomic mass is 10.0. The van der Waals surface area contributed by atoms with Crippen LogP contribution in [0.2, 0.25) is 0 Å². The molecule has 0 aliphatic heterocycles. The number of nitrogens with one attached hydrogen (secondary N) is 3. The lowest BCUT2D eigenvalue weighted by Crippen LogP contribution is -2.55. The van der Waals surface area contributed by atoms with E-state index in [0.29, 0.717) is 12.0 Å². The number of carboxylic acids is 1. The largest absolute Gasteiger partial charge is 0.508 e. The number of hydrogen-bond donors (Lipinski definition) is 6. The van der Waals surface area contributed by atoms with E-state index in [0.717, 1.165) is 0 Å². The third-order valence-corrected chi connectivity index (χ3v) is 4.24. The number of carbonyl (C=O) groups excluding carboxylic acids is 3. The molecule has 0 aliphatic rings. The molecule has 0 fully saturated rings. The first-order valence-corrected chi connectivity index (χ1v) is 9.63. The molecule has 0 radical (unpaired) electrons. The zero-order valence-corrected chi connectivity index (χ0v) is 17.3. The highest BCUT2D eigenvalue weighted by atomic mass is 16.4. The van der Waals surface area contributed by atoms with E-state index in [-0.39, 0.29) is 18.1 Å². The molecule has 30 heavy (non-hydrogen) atoms. The van der Waals surface area contributed by atoms with Crippen molar-refractivity contribution < 1.29 is 29.4 Å². The molecule has 3 unspecified atom stereocenters. The molecule has 1 rings (SSSR count). The van der Waals surface area contributed by atoms with Crippen molar-refractivity contribution in [3.8, 4) is 5.75 Å². The second-order valence-corrected chi connectivity index (χ2v) is 7.51. The average Bonchev–Trinajstić information content (AvgIpc) is 2.66. The van der Waals surface area contributed by atoms with E-state index in [2.05, 4.69) is 16.0 Å². The Bertz CT molecular complexity index is 750. The van der Waals surface area contributed by atoms with Gasteiger partial charge < -0.3 is 31.9 Å². The van der Waals surface area contributed by atoms with E-state index < -0.39 is 48.4 Å². The summed E-state index contributed by atoms with van der Waals surface area (Å²) in [5, 5.41) is 25.4. The van der Waals surface area contributed by atoms with E-state index in [1.54, 1.807) is 12.1 Å². The van der Waals surface area contributed by atoms with Crippen LogP contribution in [0.4, 0.5) is 0 Å². The molecule has 10 heteroatoms. The minimum atomic E-state index is -1.22. The Morgan fingerprint density at radius 2 is 1.57 bits per heavy atom. The SMILES string of the molecule is CC(C)CC(N)C(=O)NC(C)C(=O)NC(Cc1ccc(O)cc1)C(=O)NCC(=O)O. The predicted octanol–water partition coefficient (Wildman–Crippen LogP) is -0.502. The van der Waals surface area contributed by atoms with Gasteiger partial charge >= 0.3 is 5.97 Å². The van der Waals surface area contributed by atoms with Crippen molar-refractivity contribution in [3.63, 3.8) is 0 Å². The molecule has 0 bridgehead atoms. The van der Waals surface area contributed by atoms with Gasteiger partial charge in [-0.25, -0.2) is 0 Å². The first-order valence-electron chi connectivity index (χ1n) is 9.63. The highest BCUT2D eigenvalue weighted by Crippen LogP contribution is 2.11. The Kier molecular flexibility index (Phi) is 9.76. The summed E-state index contributed by atoms with van der Waals surface area (Å²) in [5.74, 6) is -2.75. The van der Waals surface area contributed by atoms with Crippen LogP contribution >= 0.6 is 0 Å². The topological polar surface area (TPSA) is 171 Å². The van der Waals surface area contributed by atoms with Gasteiger partial charge in [0, 0.05) is 6.42 Å². The fourth-order valence-corrected chi connectivity index (χ4v) is 2.66. The molecule has 0 aromatic heterocycles. The van der Waals surface area contributed by atoms with Gasteiger partial charge in [0.15, 0.2) is 0 Å². The van der Waals surface area contributed by atoms with Crippen molar-refractivity contribution >= 4 is 23.7 Å². The Balaban J connectivity index is 2.81. The first-order chi connectivity index (χ1) is 14.0. The van der Waals surface area contributed by atoms with E-state index in [9.17, 15) is 24.3 Å². The van der Waals surface area contributed by atoms with Crippen LogP contribution in [-0.4, -0.2) is 58.6 Å². The number of aromatic hydroxyl groups is 1. The van der Waals surface area contributed by atoms with Crippen LogP contribution in [0.25, 0.3) is 0 Å². The molecule has 0 spiro atoms. The molecule has 0 saturated heterocycles. The number of rotatable bonds is 11. The normalized spacial score (nSPS) is 13.8. The summed E-state index contributed by atoms with van der Waals surface area (Å²) in [7, 11) is 0. The third kappa shape index (κ3) is 8.91. The van der Waals surface area contributed by atoms with Crippen molar-refractivity contribution in [1.29, 1.82) is 0 Å². The van der Waals surface area contributed by atoms with Gasteiger partial charge in [-0.3, -0.25) is 19.2 Å². The quantitative estimate of drug-likeness (QED) is 0.279. The summed E-state index contributed by atoms with van der Waals surface area (Å²) < 4.78 is 0. The minimum absolute atomic E-state index is 0.0451. The van der Waals surface area contributed by atoms with Crippen LogP contribution < -0.4 is 21.7 Å². The van der Waals surface area contributed by atoms with Gasteiger partial charge in [-0.2, -0.15) is 0 Å². The van der Waals surface area contributed by atoms with E-state index >= 15 is 0 Å². The van der Waals surface area contributed by atoms with Gasteiger partial charge in [-0.05, 0) is 37.0 Å². The Morgan fingerprint density at radius 1 is 0.967 bits per heavy atom. The second kappa shape index (κ2) is 11.8. The van der Waals surface area contributed by atoms with Gasteiger partial charge in [0.1, 0.15) is 24.4 Å². The molecule has 3 atom stereocenters. The van der Waals surface area contributed by atoms with E-state index in [1.807, 2.05) is 13.8 Å². The molecular weight excluding hydrogens is 392 g/mol. The average molecular weight is 422 g/mol. The summed E-state index contributed by atoms with van der Waals surface area (Å²) in [5.41, 5.74) is 6.45. The Labute approximate surface area is 175 Å². The van der Waals surface area contributed by atoms with Crippen molar-refractivity contribution in [2.45, 2.75) is 51.7 Å². The number of aliphatic carboxylic acids is 1. The monoisotopic (exact) mass is 422 g/mol. The number of amides is 3. The lowest BCUT2D eigenvalue weighted by Gasteiger charge is -2.22. The molecule has 3 amide bonds. The molecule has 1 aromatic carbocycles. The van der Waals surface area contributed by atoms with E-state index in [4.69, 9.17) is 10.8 Å². The zero-order valence-electron chi connectivity index (χ0n) is 17.3. The maximum Gasteiger partial charge on any atom is 0.322 e. The van der Waals surface area contributed by atoms with Crippen molar-refractivity contribution in [2.75, 3.05) is 6.54 Å². The Hall–Kier alpha value is -3.14. The molecule has 1 aromatic rings. The minimum Gasteiger partial charge on any atom is -0.508 e.